The molecule has 0 aromatic rings. The van der Waals surface area contributed by atoms with Crippen molar-refractivity contribution in [1.82, 2.24) is 10.2 Å². The average Bonchev–Trinajstić information content (AvgIpc) is 2.61. The molecular formula is C14H26N2O2. The summed E-state index contributed by atoms with van der Waals surface area (Å²) >= 11 is 0. The normalized spacial score (nSPS) is 37.7. The molecule has 4 nitrogen and oxygen atoms in total. The number of carbonyl (C=O) groups excluding carboxylic acids is 1. The van der Waals surface area contributed by atoms with Gasteiger partial charge >= 0.3 is 0 Å². The molecule has 0 radical (unpaired) electrons. The Kier molecular flexibility index (Phi) is 4.28. The SMILES string of the molecule is CC1CCCCC1NC(=O)CN1CCC(C)(O)C1. The maximum atomic E-state index is 12.0. The number of nitrogens with one attached hydrogen (secondary N) is 1. The van der Waals surface area contributed by atoms with Gasteiger partial charge in [0.25, 0.3) is 0 Å². The van der Waals surface area contributed by atoms with Crippen LogP contribution in [0.5, 0.6) is 0 Å². The van der Waals surface area contributed by atoms with Gasteiger partial charge in [0.2, 0.25) is 5.91 Å². The fourth-order valence-corrected chi connectivity index (χ4v) is 3.16. The number of nitrogens with zero attached hydrogens (tertiary/aromatic N) is 1. The van der Waals surface area contributed by atoms with E-state index < -0.39 is 5.60 Å². The van der Waals surface area contributed by atoms with Crippen molar-refractivity contribution < 1.29 is 9.90 Å². The first kappa shape index (κ1) is 13.8. The lowest BCUT2D eigenvalue weighted by Crippen LogP contribution is -2.45. The molecular weight excluding hydrogens is 228 g/mol. The third kappa shape index (κ3) is 3.69. The summed E-state index contributed by atoms with van der Waals surface area (Å²) in [5, 5.41) is 13.0. The standard InChI is InChI=1S/C14H26N2O2/c1-11-5-3-4-6-12(11)15-13(17)9-16-8-7-14(2,18)10-16/h11-12,18H,3-10H2,1-2H3,(H,15,17). The Balaban J connectivity index is 1.75. The number of hydrogen-bond donors (Lipinski definition) is 2. The Bertz CT molecular complexity index is 304. The van der Waals surface area contributed by atoms with Gasteiger partial charge in [-0.3, -0.25) is 9.69 Å². The lowest BCUT2D eigenvalue weighted by molar-refractivity contribution is -0.123. The van der Waals surface area contributed by atoms with Crippen molar-refractivity contribution in [1.29, 1.82) is 0 Å². The molecule has 4 heteroatoms. The molecule has 0 spiro atoms. The van der Waals surface area contributed by atoms with Gasteiger partial charge in [-0.2, -0.15) is 0 Å². The predicted octanol–water partition coefficient (Wildman–Crippen LogP) is 1.14. The first-order valence-corrected chi connectivity index (χ1v) is 7.20. The third-order valence-corrected chi connectivity index (χ3v) is 4.36. The molecule has 2 fully saturated rings. The quantitative estimate of drug-likeness (QED) is 0.794. The zero-order valence-electron chi connectivity index (χ0n) is 11.6. The van der Waals surface area contributed by atoms with E-state index in [1.807, 2.05) is 11.8 Å². The summed E-state index contributed by atoms with van der Waals surface area (Å²) in [6.45, 7) is 5.93. The van der Waals surface area contributed by atoms with Gasteiger partial charge in [0, 0.05) is 19.1 Å². The largest absolute Gasteiger partial charge is 0.389 e. The van der Waals surface area contributed by atoms with E-state index in [-0.39, 0.29) is 5.91 Å². The Labute approximate surface area is 110 Å². The van der Waals surface area contributed by atoms with E-state index in [0.29, 0.717) is 25.0 Å². The van der Waals surface area contributed by atoms with Crippen molar-refractivity contribution in [2.75, 3.05) is 19.6 Å². The Hall–Kier alpha value is -0.610. The summed E-state index contributed by atoms with van der Waals surface area (Å²) in [6.07, 6.45) is 5.63. The second-order valence-corrected chi connectivity index (χ2v) is 6.39. The van der Waals surface area contributed by atoms with E-state index >= 15 is 0 Å². The molecule has 0 aromatic carbocycles. The zero-order valence-corrected chi connectivity index (χ0v) is 11.6. The first-order valence-electron chi connectivity index (χ1n) is 7.20. The number of carbonyl (C=O) groups is 1. The first-order chi connectivity index (χ1) is 8.46. The topological polar surface area (TPSA) is 52.6 Å². The minimum absolute atomic E-state index is 0.117. The van der Waals surface area contributed by atoms with Crippen LogP contribution in [-0.4, -0.2) is 47.2 Å². The predicted molar refractivity (Wildman–Crippen MR) is 71.2 cm³/mol. The van der Waals surface area contributed by atoms with E-state index in [1.165, 1.54) is 19.3 Å². The summed E-state index contributed by atoms with van der Waals surface area (Å²) in [6, 6.07) is 0.356. The molecule has 18 heavy (non-hydrogen) atoms. The van der Waals surface area contributed by atoms with Gasteiger partial charge < -0.3 is 10.4 Å². The smallest absolute Gasteiger partial charge is 0.234 e. The van der Waals surface area contributed by atoms with Gasteiger partial charge in [-0.15, -0.1) is 0 Å². The second kappa shape index (κ2) is 5.57. The summed E-state index contributed by atoms with van der Waals surface area (Å²) in [7, 11) is 0. The highest BCUT2D eigenvalue weighted by atomic mass is 16.3. The zero-order chi connectivity index (χ0) is 13.2. The van der Waals surface area contributed by atoms with Crippen LogP contribution in [0, 0.1) is 5.92 Å². The third-order valence-electron chi connectivity index (χ3n) is 4.36. The van der Waals surface area contributed by atoms with Gasteiger partial charge in [0.15, 0.2) is 0 Å². The number of amides is 1. The lowest BCUT2D eigenvalue weighted by atomic mass is 9.86. The summed E-state index contributed by atoms with van der Waals surface area (Å²) in [5.41, 5.74) is -0.613. The Morgan fingerprint density at radius 1 is 1.44 bits per heavy atom. The molecule has 3 atom stereocenters. The summed E-state index contributed by atoms with van der Waals surface area (Å²) in [4.78, 5) is 14.0. The monoisotopic (exact) mass is 254 g/mol. The highest BCUT2D eigenvalue weighted by Gasteiger charge is 2.32. The van der Waals surface area contributed by atoms with E-state index in [4.69, 9.17) is 0 Å². The summed E-state index contributed by atoms with van der Waals surface area (Å²) < 4.78 is 0. The van der Waals surface area contributed by atoms with Crippen molar-refractivity contribution in [3.63, 3.8) is 0 Å². The molecule has 2 N–H and O–H groups in total. The molecule has 104 valence electrons. The van der Waals surface area contributed by atoms with E-state index in [0.717, 1.165) is 19.4 Å². The van der Waals surface area contributed by atoms with Crippen LogP contribution in [0.25, 0.3) is 0 Å². The molecule has 0 aromatic heterocycles. The van der Waals surface area contributed by atoms with E-state index in [9.17, 15) is 9.90 Å². The maximum Gasteiger partial charge on any atom is 0.234 e. The molecule has 3 unspecified atom stereocenters. The van der Waals surface area contributed by atoms with Gasteiger partial charge in [0.05, 0.1) is 12.1 Å². The fourth-order valence-electron chi connectivity index (χ4n) is 3.16. The number of β-amino-alcohol motifs (C(OH)–C–C–N with tert-alkyl or cyclic N) is 1. The van der Waals surface area contributed by atoms with Crippen molar-refractivity contribution in [3.05, 3.63) is 0 Å². The molecule has 1 aliphatic heterocycles. The maximum absolute atomic E-state index is 12.0. The molecule has 0 bridgehead atoms. The number of likely N-dealkylation sites (tertiary alicyclic amines) is 1. The van der Waals surface area contributed by atoms with Crippen molar-refractivity contribution >= 4 is 5.91 Å². The highest BCUT2D eigenvalue weighted by molar-refractivity contribution is 5.78. The van der Waals surface area contributed by atoms with Crippen molar-refractivity contribution in [2.24, 2.45) is 5.92 Å². The van der Waals surface area contributed by atoms with E-state index in [1.54, 1.807) is 0 Å². The molecule has 1 saturated carbocycles. The van der Waals surface area contributed by atoms with Crippen LogP contribution in [0.2, 0.25) is 0 Å². The van der Waals surface area contributed by atoms with E-state index in [2.05, 4.69) is 12.2 Å². The van der Waals surface area contributed by atoms with Crippen molar-refractivity contribution in [3.8, 4) is 0 Å². The molecule has 1 amide bonds. The minimum atomic E-state index is -0.613. The minimum Gasteiger partial charge on any atom is -0.389 e. The average molecular weight is 254 g/mol. The van der Waals surface area contributed by atoms with Crippen LogP contribution < -0.4 is 5.32 Å². The Morgan fingerprint density at radius 3 is 2.78 bits per heavy atom. The van der Waals surface area contributed by atoms with Gasteiger partial charge in [-0.1, -0.05) is 19.8 Å². The van der Waals surface area contributed by atoms with Gasteiger partial charge in [-0.05, 0) is 32.1 Å². The van der Waals surface area contributed by atoms with Crippen LogP contribution in [0.1, 0.15) is 46.0 Å². The molecule has 2 rings (SSSR count). The summed E-state index contributed by atoms with van der Waals surface area (Å²) in [5.74, 6) is 0.718. The second-order valence-electron chi connectivity index (χ2n) is 6.39. The molecule has 1 aliphatic carbocycles. The molecule has 1 saturated heterocycles. The number of rotatable bonds is 3. The molecule has 2 aliphatic rings. The fraction of sp³-hybridized carbons (Fsp3) is 0.929. The van der Waals surface area contributed by atoms with Crippen LogP contribution >= 0.6 is 0 Å². The van der Waals surface area contributed by atoms with Crippen LogP contribution in [0.4, 0.5) is 0 Å². The van der Waals surface area contributed by atoms with Gasteiger partial charge in [-0.25, -0.2) is 0 Å². The Morgan fingerprint density at radius 2 is 2.17 bits per heavy atom. The number of hydrogen-bond acceptors (Lipinski definition) is 3. The van der Waals surface area contributed by atoms with Crippen LogP contribution in [0.3, 0.4) is 0 Å². The van der Waals surface area contributed by atoms with Crippen LogP contribution in [-0.2, 0) is 4.79 Å². The number of aliphatic hydroxyl groups is 1. The highest BCUT2D eigenvalue weighted by Crippen LogP contribution is 2.24. The van der Waals surface area contributed by atoms with Crippen molar-refractivity contribution in [2.45, 2.75) is 57.6 Å². The van der Waals surface area contributed by atoms with Gasteiger partial charge in [0.1, 0.15) is 0 Å². The lowest BCUT2D eigenvalue weighted by Gasteiger charge is -2.30. The molecule has 1 heterocycles. The van der Waals surface area contributed by atoms with Crippen LogP contribution in [0.15, 0.2) is 0 Å².